The maximum Gasteiger partial charge on any atom is 0.229 e. The quantitative estimate of drug-likeness (QED) is 0.676. The molecule has 31 heavy (non-hydrogen) atoms. The molecule has 0 unspecified atom stereocenters. The van der Waals surface area contributed by atoms with E-state index in [2.05, 4.69) is 20.1 Å². The number of aromatic nitrogens is 3. The highest BCUT2D eigenvalue weighted by molar-refractivity contribution is 5.87. The molecule has 2 saturated heterocycles. The highest BCUT2D eigenvalue weighted by atomic mass is 16.5. The molecule has 1 aromatic carbocycles. The molecule has 0 spiro atoms. The van der Waals surface area contributed by atoms with E-state index >= 15 is 0 Å². The zero-order valence-electron chi connectivity index (χ0n) is 17.4. The van der Waals surface area contributed by atoms with Crippen LogP contribution in [0, 0.1) is 0 Å². The number of fused-ring (bicyclic) bond motifs is 1. The third-order valence-corrected chi connectivity index (χ3v) is 6.11. The molecule has 2 aliphatic rings. The number of nitrogens with one attached hydrogen (secondary N) is 1. The average molecular weight is 422 g/mol. The zero-order valence-corrected chi connectivity index (χ0v) is 17.4. The van der Waals surface area contributed by atoms with Crippen LogP contribution in [-0.4, -0.2) is 83.0 Å². The lowest BCUT2D eigenvalue weighted by molar-refractivity contribution is -0.148. The molecule has 8 heteroatoms. The minimum absolute atomic E-state index is 0.0681. The highest BCUT2D eigenvalue weighted by Gasteiger charge is 2.37. The number of carbonyl (C=O) groups excluding carboxylic acids is 1. The first-order valence-electron chi connectivity index (χ1n) is 10.8. The Morgan fingerprint density at radius 2 is 1.97 bits per heavy atom. The van der Waals surface area contributed by atoms with Crippen molar-refractivity contribution in [1.29, 1.82) is 0 Å². The Morgan fingerprint density at radius 3 is 2.81 bits per heavy atom. The third-order valence-electron chi connectivity index (χ3n) is 6.11. The van der Waals surface area contributed by atoms with Crippen LogP contribution in [0.4, 0.5) is 0 Å². The number of rotatable bonds is 5. The first-order valence-corrected chi connectivity index (χ1v) is 10.8. The van der Waals surface area contributed by atoms with Gasteiger partial charge in [-0.25, -0.2) is 0 Å². The summed E-state index contributed by atoms with van der Waals surface area (Å²) in [5, 5.41) is 8.38. The maximum atomic E-state index is 13.5. The van der Waals surface area contributed by atoms with Gasteiger partial charge in [0, 0.05) is 44.0 Å². The lowest BCUT2D eigenvalue weighted by atomic mass is 9.98. The van der Waals surface area contributed by atoms with Gasteiger partial charge in [0.2, 0.25) is 5.91 Å². The van der Waals surface area contributed by atoms with Gasteiger partial charge in [-0.2, -0.15) is 5.10 Å². The Balaban J connectivity index is 1.40. The summed E-state index contributed by atoms with van der Waals surface area (Å²) in [6.45, 7) is 5.09. The van der Waals surface area contributed by atoms with Crippen molar-refractivity contribution in [2.24, 2.45) is 0 Å². The van der Waals surface area contributed by atoms with Gasteiger partial charge in [-0.1, -0.05) is 24.3 Å². The van der Waals surface area contributed by atoms with E-state index in [9.17, 15) is 4.79 Å². The molecule has 2 aromatic heterocycles. The molecular weight excluding hydrogens is 394 g/mol. The normalized spacial score (nSPS) is 22.6. The number of aromatic amines is 1. The van der Waals surface area contributed by atoms with Crippen molar-refractivity contribution in [1.82, 2.24) is 25.0 Å². The summed E-state index contributed by atoms with van der Waals surface area (Å²) >= 11 is 0. The fraction of sp³-hybridized carbons (Fsp3) is 0.435. The monoisotopic (exact) mass is 421 g/mol. The fourth-order valence-electron chi connectivity index (χ4n) is 4.55. The van der Waals surface area contributed by atoms with Crippen LogP contribution in [0.15, 0.2) is 48.8 Å². The minimum atomic E-state index is -0.174. The van der Waals surface area contributed by atoms with Crippen LogP contribution >= 0.6 is 0 Å². The Kier molecular flexibility index (Phi) is 5.93. The van der Waals surface area contributed by atoms with Crippen LogP contribution in [0.3, 0.4) is 0 Å². The molecule has 1 amide bonds. The predicted molar refractivity (Wildman–Crippen MR) is 115 cm³/mol. The number of benzene rings is 1. The van der Waals surface area contributed by atoms with Crippen LogP contribution < -0.4 is 0 Å². The average Bonchev–Trinajstić information content (AvgIpc) is 3.23. The van der Waals surface area contributed by atoms with Crippen molar-refractivity contribution in [3.8, 4) is 0 Å². The summed E-state index contributed by atoms with van der Waals surface area (Å²) in [4.78, 5) is 22.1. The van der Waals surface area contributed by atoms with Crippen molar-refractivity contribution >= 4 is 16.8 Å². The minimum Gasteiger partial charge on any atom is -0.379 e. The van der Waals surface area contributed by atoms with E-state index in [0.717, 1.165) is 55.0 Å². The Labute approximate surface area is 181 Å². The van der Waals surface area contributed by atoms with Gasteiger partial charge in [0.15, 0.2) is 0 Å². The van der Waals surface area contributed by atoms with Gasteiger partial charge in [0.1, 0.15) is 0 Å². The van der Waals surface area contributed by atoms with Gasteiger partial charge < -0.3 is 14.4 Å². The number of hydrogen-bond acceptors (Lipinski definition) is 6. The summed E-state index contributed by atoms with van der Waals surface area (Å²) < 4.78 is 11.7. The number of morpholine rings is 2. The Hall–Kier alpha value is -2.81. The van der Waals surface area contributed by atoms with Crippen molar-refractivity contribution in [2.45, 2.75) is 18.6 Å². The molecule has 2 fully saturated rings. The number of para-hydroxylation sites is 1. The summed E-state index contributed by atoms with van der Waals surface area (Å²) in [5.74, 6) is 0.0681. The second-order valence-corrected chi connectivity index (χ2v) is 8.04. The van der Waals surface area contributed by atoms with Gasteiger partial charge >= 0.3 is 0 Å². The molecule has 162 valence electrons. The highest BCUT2D eigenvalue weighted by Crippen LogP contribution is 2.31. The van der Waals surface area contributed by atoms with Gasteiger partial charge in [0.05, 0.1) is 49.6 Å². The van der Waals surface area contributed by atoms with Crippen molar-refractivity contribution in [3.63, 3.8) is 0 Å². The third kappa shape index (κ3) is 4.32. The molecule has 3 aromatic rings. The molecule has 0 radical (unpaired) electrons. The molecule has 8 nitrogen and oxygen atoms in total. The van der Waals surface area contributed by atoms with Gasteiger partial charge in [0.25, 0.3) is 0 Å². The van der Waals surface area contributed by atoms with E-state index in [0.29, 0.717) is 13.2 Å². The number of H-pyrrole nitrogens is 1. The molecule has 2 atom stereocenters. The topological polar surface area (TPSA) is 83.6 Å². The fourth-order valence-corrected chi connectivity index (χ4v) is 4.55. The first kappa shape index (κ1) is 20.1. The summed E-state index contributed by atoms with van der Waals surface area (Å²) in [7, 11) is 0. The van der Waals surface area contributed by atoms with Crippen LogP contribution in [0.5, 0.6) is 0 Å². The number of ether oxygens (including phenoxy) is 2. The second kappa shape index (κ2) is 9.13. The molecular formula is C23H27N5O3. The van der Waals surface area contributed by atoms with Gasteiger partial charge in [-0.05, 0) is 17.7 Å². The SMILES string of the molecule is O=C(Cc1[nH]nc2ccccc12)N1CCO[C@@H](CN2CCOCC2)[C@@H]1c1cccnc1. The summed E-state index contributed by atoms with van der Waals surface area (Å²) in [6.07, 6.45) is 3.77. The Bertz CT molecular complexity index is 1020. The molecule has 5 rings (SSSR count). The van der Waals surface area contributed by atoms with E-state index < -0.39 is 0 Å². The zero-order chi connectivity index (χ0) is 21.0. The number of pyridine rings is 1. The molecule has 0 saturated carbocycles. The standard InChI is InChI=1S/C23H27N5O3/c29-22(14-20-18-5-1-2-6-19(18)25-26-20)28-10-13-31-21(16-27-8-11-30-12-9-27)23(28)17-4-3-7-24-15-17/h1-7,15,21,23H,8-14,16H2,(H,25,26)/t21-,23-/m0/s1. The van der Waals surface area contributed by atoms with E-state index in [1.165, 1.54) is 0 Å². The molecule has 2 aliphatic heterocycles. The van der Waals surface area contributed by atoms with E-state index in [1.54, 1.807) is 6.20 Å². The molecule has 0 aliphatic carbocycles. The number of amides is 1. The van der Waals surface area contributed by atoms with E-state index in [-0.39, 0.29) is 24.5 Å². The van der Waals surface area contributed by atoms with Crippen molar-refractivity contribution in [2.75, 3.05) is 46.0 Å². The smallest absolute Gasteiger partial charge is 0.229 e. The van der Waals surface area contributed by atoms with Crippen molar-refractivity contribution in [3.05, 3.63) is 60.0 Å². The van der Waals surface area contributed by atoms with Crippen LogP contribution in [0.25, 0.3) is 10.9 Å². The van der Waals surface area contributed by atoms with E-state index in [4.69, 9.17) is 9.47 Å². The van der Waals surface area contributed by atoms with Crippen LogP contribution in [-0.2, 0) is 20.7 Å². The van der Waals surface area contributed by atoms with E-state index in [1.807, 2.05) is 47.5 Å². The Morgan fingerprint density at radius 1 is 1.10 bits per heavy atom. The second-order valence-electron chi connectivity index (χ2n) is 8.04. The number of nitrogens with zero attached hydrogens (tertiary/aromatic N) is 4. The van der Waals surface area contributed by atoms with Crippen LogP contribution in [0.1, 0.15) is 17.3 Å². The maximum absolute atomic E-state index is 13.5. The molecule has 0 bridgehead atoms. The van der Waals surface area contributed by atoms with Crippen LogP contribution in [0.2, 0.25) is 0 Å². The molecule has 1 N–H and O–H groups in total. The summed E-state index contributed by atoms with van der Waals surface area (Å²) in [5.41, 5.74) is 2.73. The summed E-state index contributed by atoms with van der Waals surface area (Å²) in [6, 6.07) is 11.6. The predicted octanol–water partition coefficient (Wildman–Crippen LogP) is 1.80. The lowest BCUT2D eigenvalue weighted by Crippen LogP contribution is -2.53. The van der Waals surface area contributed by atoms with Crippen molar-refractivity contribution < 1.29 is 14.3 Å². The molecule has 4 heterocycles. The van der Waals surface area contributed by atoms with Gasteiger partial charge in [-0.15, -0.1) is 0 Å². The first-order chi connectivity index (χ1) is 15.3. The number of hydrogen-bond donors (Lipinski definition) is 1. The number of carbonyl (C=O) groups is 1. The van der Waals surface area contributed by atoms with Gasteiger partial charge in [-0.3, -0.25) is 19.8 Å². The largest absolute Gasteiger partial charge is 0.379 e. The lowest BCUT2D eigenvalue weighted by Gasteiger charge is -2.43.